The van der Waals surface area contributed by atoms with Gasteiger partial charge in [0.25, 0.3) is 0 Å². The number of hydrogen-bond acceptors (Lipinski definition) is 4. The molecule has 0 radical (unpaired) electrons. The van der Waals surface area contributed by atoms with Crippen molar-refractivity contribution in [2.75, 3.05) is 18.5 Å². The third-order valence-electron chi connectivity index (χ3n) is 5.71. The number of rotatable bonds is 3. The van der Waals surface area contributed by atoms with Crippen molar-refractivity contribution in [1.82, 2.24) is 5.01 Å². The maximum atomic E-state index is 12.2. The molecule has 33 heavy (non-hydrogen) atoms. The molecule has 1 amide bonds. The van der Waals surface area contributed by atoms with E-state index in [9.17, 15) is 4.79 Å². The van der Waals surface area contributed by atoms with Crippen LogP contribution < -0.4 is 4.90 Å². The van der Waals surface area contributed by atoms with Crippen LogP contribution in [0, 0.1) is 0 Å². The standard InChI is InChI=1S/C25H28Cl2N4OS/c1-15(2)28-23(19-10-9-18(26)14-20(19)27)31-12-6-7-16-13-17(8-11-21(16)31)22-25(3,4)33-24(32)30(5)29-22/h8-11,13-15H,6-7,12H2,1-5H3/b28-23-. The van der Waals surface area contributed by atoms with Crippen LogP contribution in [0.4, 0.5) is 10.5 Å². The zero-order chi connectivity index (χ0) is 23.9. The van der Waals surface area contributed by atoms with Gasteiger partial charge >= 0.3 is 5.24 Å². The fourth-order valence-electron chi connectivity index (χ4n) is 4.21. The van der Waals surface area contributed by atoms with E-state index in [1.165, 1.54) is 22.3 Å². The first kappa shape index (κ1) is 24.1. The largest absolute Gasteiger partial charge is 0.326 e. The highest BCUT2D eigenvalue weighted by Gasteiger charge is 2.37. The highest BCUT2D eigenvalue weighted by atomic mass is 35.5. The molecule has 0 bridgehead atoms. The number of amides is 1. The molecule has 4 rings (SSSR count). The number of benzene rings is 2. The first-order chi connectivity index (χ1) is 15.6. The van der Waals surface area contributed by atoms with E-state index in [1.807, 2.05) is 26.0 Å². The Morgan fingerprint density at radius 2 is 1.94 bits per heavy atom. The number of aryl methyl sites for hydroxylation is 1. The van der Waals surface area contributed by atoms with Crippen LogP contribution in [0.2, 0.25) is 10.0 Å². The Bertz CT molecular complexity index is 1160. The molecule has 174 valence electrons. The maximum Gasteiger partial charge on any atom is 0.302 e. The third-order valence-corrected chi connectivity index (χ3v) is 7.40. The summed E-state index contributed by atoms with van der Waals surface area (Å²) < 4.78 is -0.396. The monoisotopic (exact) mass is 502 g/mol. The Kier molecular flexibility index (Phi) is 6.81. The minimum Gasteiger partial charge on any atom is -0.326 e. The Hall–Kier alpha value is -2.02. The fraction of sp³-hybridized carbons (Fsp3) is 0.400. The first-order valence-electron chi connectivity index (χ1n) is 11.1. The molecule has 0 unspecified atom stereocenters. The van der Waals surface area contributed by atoms with Gasteiger partial charge in [-0.2, -0.15) is 5.10 Å². The van der Waals surface area contributed by atoms with Crippen molar-refractivity contribution in [3.05, 3.63) is 63.1 Å². The van der Waals surface area contributed by atoms with Gasteiger partial charge in [-0.1, -0.05) is 41.0 Å². The molecule has 0 N–H and O–H groups in total. The molecule has 2 heterocycles. The lowest BCUT2D eigenvalue weighted by molar-refractivity contribution is 0.234. The molecule has 2 aromatic rings. The lowest BCUT2D eigenvalue weighted by Gasteiger charge is -2.35. The molecule has 2 aromatic carbocycles. The van der Waals surface area contributed by atoms with Crippen LogP contribution in [0.3, 0.4) is 0 Å². The van der Waals surface area contributed by atoms with Crippen molar-refractivity contribution in [3.8, 4) is 0 Å². The van der Waals surface area contributed by atoms with Gasteiger partial charge in [-0.25, -0.2) is 5.01 Å². The molecule has 0 saturated heterocycles. The summed E-state index contributed by atoms with van der Waals surface area (Å²) in [5.74, 6) is 0.858. The van der Waals surface area contributed by atoms with Crippen molar-refractivity contribution in [2.45, 2.75) is 51.3 Å². The summed E-state index contributed by atoms with van der Waals surface area (Å²) in [6, 6.07) is 12.1. The van der Waals surface area contributed by atoms with E-state index >= 15 is 0 Å². The fourth-order valence-corrected chi connectivity index (χ4v) is 5.57. The SMILES string of the molecule is CC(C)/N=C(/c1ccc(Cl)cc1Cl)N1CCCc2cc(C3=NN(C)C(=O)SC3(C)C)ccc21. The minimum absolute atomic E-state index is 0.0396. The van der Waals surface area contributed by atoms with E-state index in [-0.39, 0.29) is 11.3 Å². The van der Waals surface area contributed by atoms with E-state index in [0.29, 0.717) is 10.0 Å². The number of carbonyl (C=O) groups excluding carboxylic acids is 1. The van der Waals surface area contributed by atoms with E-state index in [1.54, 1.807) is 13.1 Å². The van der Waals surface area contributed by atoms with Gasteiger partial charge in [-0.3, -0.25) is 9.79 Å². The Balaban J connectivity index is 1.78. The molecule has 0 spiro atoms. The molecule has 2 aliphatic rings. The van der Waals surface area contributed by atoms with E-state index in [2.05, 4.69) is 42.0 Å². The van der Waals surface area contributed by atoms with E-state index in [0.717, 1.165) is 47.7 Å². The van der Waals surface area contributed by atoms with Crippen molar-refractivity contribution >= 4 is 57.4 Å². The Labute approximate surface area is 209 Å². The van der Waals surface area contributed by atoms with Crippen LogP contribution in [-0.4, -0.2) is 46.2 Å². The summed E-state index contributed by atoms with van der Waals surface area (Å²) in [6.45, 7) is 9.08. The molecule has 8 heteroatoms. The number of fused-ring (bicyclic) bond motifs is 1. The summed E-state index contributed by atoms with van der Waals surface area (Å²) in [6.07, 6.45) is 1.97. The molecule has 0 fully saturated rings. The van der Waals surface area contributed by atoms with Gasteiger partial charge in [0.1, 0.15) is 5.84 Å². The van der Waals surface area contributed by atoms with Crippen LogP contribution in [0.5, 0.6) is 0 Å². The molecule has 0 saturated carbocycles. The highest BCUT2D eigenvalue weighted by Crippen LogP contribution is 2.38. The van der Waals surface area contributed by atoms with Gasteiger partial charge in [0, 0.05) is 35.9 Å². The van der Waals surface area contributed by atoms with Gasteiger partial charge in [-0.15, -0.1) is 0 Å². The van der Waals surface area contributed by atoms with Crippen molar-refractivity contribution in [2.24, 2.45) is 10.1 Å². The number of carbonyl (C=O) groups is 1. The lowest BCUT2D eigenvalue weighted by atomic mass is 9.93. The molecule has 0 aromatic heterocycles. The second-order valence-corrected chi connectivity index (χ2v) is 11.5. The Morgan fingerprint density at radius 3 is 2.64 bits per heavy atom. The smallest absolute Gasteiger partial charge is 0.302 e. The summed E-state index contributed by atoms with van der Waals surface area (Å²) in [4.78, 5) is 19.4. The number of anilines is 1. The number of aliphatic imine (C=N–C) groups is 1. The molecule has 0 aliphatic carbocycles. The summed E-state index contributed by atoms with van der Waals surface area (Å²) in [5, 5.41) is 7.19. The lowest BCUT2D eigenvalue weighted by Crippen LogP contribution is -2.40. The summed E-state index contributed by atoms with van der Waals surface area (Å²) in [7, 11) is 1.70. The van der Waals surface area contributed by atoms with Gasteiger partial charge in [0.15, 0.2) is 0 Å². The number of hydrazone groups is 1. The average molecular weight is 503 g/mol. The second kappa shape index (κ2) is 9.32. The number of amidine groups is 1. The number of thioether (sulfide) groups is 1. The Morgan fingerprint density at radius 1 is 1.18 bits per heavy atom. The van der Waals surface area contributed by atoms with Crippen LogP contribution in [0.1, 0.15) is 50.8 Å². The zero-order valence-corrected chi connectivity index (χ0v) is 21.9. The summed E-state index contributed by atoms with van der Waals surface area (Å²) >= 11 is 14.1. The summed E-state index contributed by atoms with van der Waals surface area (Å²) in [5.41, 5.74) is 5.19. The van der Waals surface area contributed by atoms with E-state index in [4.69, 9.17) is 28.2 Å². The highest BCUT2D eigenvalue weighted by molar-refractivity contribution is 8.15. The predicted octanol–water partition coefficient (Wildman–Crippen LogP) is 6.88. The van der Waals surface area contributed by atoms with Crippen molar-refractivity contribution in [3.63, 3.8) is 0 Å². The van der Waals surface area contributed by atoms with Crippen LogP contribution >= 0.6 is 35.0 Å². The van der Waals surface area contributed by atoms with Gasteiger partial charge in [0.05, 0.1) is 15.5 Å². The third kappa shape index (κ3) is 4.93. The topological polar surface area (TPSA) is 48.3 Å². The van der Waals surface area contributed by atoms with E-state index < -0.39 is 4.75 Å². The van der Waals surface area contributed by atoms with Crippen LogP contribution in [-0.2, 0) is 6.42 Å². The van der Waals surface area contributed by atoms with Crippen LogP contribution in [0.15, 0.2) is 46.5 Å². The number of hydrogen-bond donors (Lipinski definition) is 0. The minimum atomic E-state index is -0.396. The van der Waals surface area contributed by atoms with Gasteiger partial charge < -0.3 is 4.90 Å². The first-order valence-corrected chi connectivity index (χ1v) is 12.6. The van der Waals surface area contributed by atoms with Crippen molar-refractivity contribution in [1.29, 1.82) is 0 Å². The number of nitrogens with zero attached hydrogens (tertiary/aromatic N) is 4. The second-order valence-electron chi connectivity index (χ2n) is 9.12. The average Bonchev–Trinajstić information content (AvgIpc) is 2.74. The normalized spacial score (nSPS) is 18.5. The predicted molar refractivity (Wildman–Crippen MR) is 142 cm³/mol. The maximum absolute atomic E-state index is 12.2. The molecule has 0 atom stereocenters. The van der Waals surface area contributed by atoms with Gasteiger partial charge in [0.2, 0.25) is 0 Å². The zero-order valence-electron chi connectivity index (χ0n) is 19.5. The van der Waals surface area contributed by atoms with Gasteiger partial charge in [-0.05, 0) is 82.0 Å². The molecule has 2 aliphatic heterocycles. The van der Waals surface area contributed by atoms with Crippen LogP contribution in [0.25, 0.3) is 0 Å². The molecule has 5 nitrogen and oxygen atoms in total. The van der Waals surface area contributed by atoms with Crippen molar-refractivity contribution < 1.29 is 4.79 Å². The molecular weight excluding hydrogens is 475 g/mol. The number of halogens is 2. The quantitative estimate of drug-likeness (QED) is 0.339. The molecular formula is C25H28Cl2N4OS.